The maximum atomic E-state index is 13.0. The number of hydrogen-bond acceptors (Lipinski definition) is 6. The second-order valence-corrected chi connectivity index (χ2v) is 11.6. The van der Waals surface area contributed by atoms with Crippen molar-refractivity contribution in [3.63, 3.8) is 0 Å². The quantitative estimate of drug-likeness (QED) is 0.706. The zero-order valence-electron chi connectivity index (χ0n) is 19.9. The monoisotopic (exact) mass is 460 g/mol. The van der Waals surface area contributed by atoms with Crippen LogP contribution in [0.4, 0.5) is 4.79 Å². The number of hydrogen-bond donors (Lipinski definition) is 2. The Kier molecular flexibility index (Phi) is 6.63. The molecule has 0 spiro atoms. The van der Waals surface area contributed by atoms with Crippen molar-refractivity contribution in [1.29, 1.82) is 0 Å². The van der Waals surface area contributed by atoms with Crippen LogP contribution in [-0.2, 0) is 17.6 Å². The summed E-state index contributed by atoms with van der Waals surface area (Å²) in [4.78, 5) is 37.6. The number of nitrogens with zero attached hydrogens (tertiary/aromatic N) is 2. The highest BCUT2D eigenvalue weighted by molar-refractivity contribution is 7.18. The number of thiophene rings is 1. The Hall–Kier alpha value is -1.93. The Labute approximate surface area is 193 Å². The van der Waals surface area contributed by atoms with Crippen LogP contribution in [0.3, 0.4) is 0 Å². The first-order valence-electron chi connectivity index (χ1n) is 11.9. The van der Waals surface area contributed by atoms with Gasteiger partial charge in [-0.1, -0.05) is 6.92 Å². The molecule has 2 aromatic rings. The molecule has 1 aliphatic carbocycles. The van der Waals surface area contributed by atoms with E-state index in [9.17, 15) is 9.59 Å². The second-order valence-electron chi connectivity index (χ2n) is 10.5. The van der Waals surface area contributed by atoms with E-state index in [1.807, 2.05) is 20.8 Å². The number of carbonyl (C=O) groups is 1. The molecule has 32 heavy (non-hydrogen) atoms. The Balaban J connectivity index is 1.45. The topological polar surface area (TPSA) is 87.3 Å². The zero-order valence-corrected chi connectivity index (χ0v) is 20.7. The summed E-state index contributed by atoms with van der Waals surface area (Å²) in [5.74, 6) is 1.77. The van der Waals surface area contributed by atoms with Crippen LogP contribution in [0.2, 0.25) is 0 Å². The number of amides is 1. The van der Waals surface area contributed by atoms with Gasteiger partial charge < -0.3 is 15.0 Å². The average Bonchev–Trinajstić information content (AvgIpc) is 3.08. The van der Waals surface area contributed by atoms with Gasteiger partial charge in [0.25, 0.3) is 5.56 Å². The lowest BCUT2D eigenvalue weighted by Crippen LogP contribution is -2.43. The molecule has 8 heteroatoms. The van der Waals surface area contributed by atoms with Gasteiger partial charge in [-0.15, -0.1) is 11.3 Å². The molecule has 0 bridgehead atoms. The maximum absolute atomic E-state index is 13.0. The summed E-state index contributed by atoms with van der Waals surface area (Å²) >= 11 is 1.70. The van der Waals surface area contributed by atoms with E-state index in [-0.39, 0.29) is 17.7 Å². The molecule has 1 fully saturated rings. The third kappa shape index (κ3) is 5.17. The number of likely N-dealkylation sites (tertiary alicyclic amines) is 1. The SMILES string of the molecule is CC1CCc2c(sc3nc(C(C)N4CCCC(CNC(=O)OC(C)(C)C)C4)[nH]c(=O)c23)C1. The van der Waals surface area contributed by atoms with Gasteiger partial charge in [-0.2, -0.15) is 0 Å². The molecule has 3 heterocycles. The molecule has 2 aromatic heterocycles. The molecule has 4 rings (SSSR count). The Morgan fingerprint density at radius 2 is 2.16 bits per heavy atom. The van der Waals surface area contributed by atoms with Gasteiger partial charge in [0.1, 0.15) is 16.3 Å². The van der Waals surface area contributed by atoms with Crippen LogP contribution in [0.1, 0.15) is 76.2 Å². The van der Waals surface area contributed by atoms with E-state index in [0.29, 0.717) is 18.4 Å². The number of fused-ring (bicyclic) bond motifs is 3. The lowest BCUT2D eigenvalue weighted by atomic mass is 9.89. The van der Waals surface area contributed by atoms with Gasteiger partial charge in [0.05, 0.1) is 11.4 Å². The molecule has 7 nitrogen and oxygen atoms in total. The Bertz CT molecular complexity index is 1040. The van der Waals surface area contributed by atoms with Crippen molar-refractivity contribution in [2.24, 2.45) is 11.8 Å². The van der Waals surface area contributed by atoms with E-state index in [0.717, 1.165) is 61.2 Å². The number of aromatic nitrogens is 2. The van der Waals surface area contributed by atoms with Gasteiger partial charge in [0.15, 0.2) is 0 Å². The van der Waals surface area contributed by atoms with Gasteiger partial charge in [-0.3, -0.25) is 9.69 Å². The van der Waals surface area contributed by atoms with Gasteiger partial charge in [0.2, 0.25) is 0 Å². The summed E-state index contributed by atoms with van der Waals surface area (Å²) in [7, 11) is 0. The molecular formula is C24H36N4O3S. The summed E-state index contributed by atoms with van der Waals surface area (Å²) in [6.45, 7) is 12.4. The first-order valence-corrected chi connectivity index (χ1v) is 12.7. The van der Waals surface area contributed by atoms with Gasteiger partial charge in [0, 0.05) is 18.0 Å². The number of alkyl carbamates (subject to hydrolysis) is 1. The van der Waals surface area contributed by atoms with Crippen molar-refractivity contribution in [3.8, 4) is 0 Å². The fourth-order valence-corrected chi connectivity index (χ4v) is 6.28. The minimum Gasteiger partial charge on any atom is -0.444 e. The van der Waals surface area contributed by atoms with Crippen molar-refractivity contribution in [1.82, 2.24) is 20.2 Å². The van der Waals surface area contributed by atoms with E-state index >= 15 is 0 Å². The standard InChI is InChI=1S/C24H36N4O3S/c1-14-8-9-17-18(11-14)32-22-19(17)21(29)26-20(27-22)15(2)28-10-6-7-16(13-28)12-25-23(30)31-24(3,4)5/h14-16H,6-13H2,1-5H3,(H,25,30)(H,26,27,29). The summed E-state index contributed by atoms with van der Waals surface area (Å²) in [5, 5.41) is 3.72. The number of ether oxygens (including phenoxy) is 1. The summed E-state index contributed by atoms with van der Waals surface area (Å²) in [5.41, 5.74) is 0.734. The van der Waals surface area contributed by atoms with Crippen LogP contribution >= 0.6 is 11.3 Å². The van der Waals surface area contributed by atoms with Crippen LogP contribution in [0.25, 0.3) is 10.2 Å². The number of aryl methyl sites for hydroxylation is 1. The van der Waals surface area contributed by atoms with E-state index < -0.39 is 5.60 Å². The number of carbonyl (C=O) groups excluding carboxylic acids is 1. The minimum absolute atomic E-state index is 0.00375. The van der Waals surface area contributed by atoms with Crippen molar-refractivity contribution >= 4 is 27.6 Å². The van der Waals surface area contributed by atoms with Crippen LogP contribution in [-0.4, -0.2) is 46.2 Å². The molecule has 1 saturated heterocycles. The molecule has 3 atom stereocenters. The fourth-order valence-electron chi connectivity index (χ4n) is 4.89. The largest absolute Gasteiger partial charge is 0.444 e. The van der Waals surface area contributed by atoms with Crippen molar-refractivity contribution < 1.29 is 9.53 Å². The molecule has 176 valence electrons. The molecular weight excluding hydrogens is 424 g/mol. The Morgan fingerprint density at radius 3 is 2.91 bits per heavy atom. The van der Waals surface area contributed by atoms with E-state index in [2.05, 4.69) is 29.0 Å². The number of piperidine rings is 1. The normalized spacial score (nSPS) is 23.0. The minimum atomic E-state index is -0.494. The summed E-state index contributed by atoms with van der Waals surface area (Å²) in [6.07, 6.45) is 4.94. The maximum Gasteiger partial charge on any atom is 0.407 e. The molecule has 0 radical (unpaired) electrons. The summed E-state index contributed by atoms with van der Waals surface area (Å²) < 4.78 is 5.36. The molecule has 0 saturated carbocycles. The lowest BCUT2D eigenvalue weighted by Gasteiger charge is -2.36. The number of aromatic amines is 1. The third-order valence-corrected chi connectivity index (χ3v) is 7.76. The van der Waals surface area contributed by atoms with Crippen molar-refractivity contribution in [2.75, 3.05) is 19.6 Å². The van der Waals surface area contributed by atoms with Crippen LogP contribution in [0, 0.1) is 11.8 Å². The average molecular weight is 461 g/mol. The second kappa shape index (κ2) is 9.14. The zero-order chi connectivity index (χ0) is 23.0. The van der Waals surface area contributed by atoms with E-state index in [4.69, 9.17) is 9.72 Å². The number of rotatable bonds is 4. The van der Waals surface area contributed by atoms with Gasteiger partial charge in [-0.25, -0.2) is 9.78 Å². The molecule has 3 unspecified atom stereocenters. The highest BCUT2D eigenvalue weighted by Crippen LogP contribution is 2.36. The van der Waals surface area contributed by atoms with Crippen molar-refractivity contribution in [2.45, 2.75) is 78.4 Å². The predicted molar refractivity (Wildman–Crippen MR) is 128 cm³/mol. The Morgan fingerprint density at radius 1 is 1.38 bits per heavy atom. The first-order chi connectivity index (χ1) is 15.1. The van der Waals surface area contributed by atoms with Crippen molar-refractivity contribution in [3.05, 3.63) is 26.6 Å². The van der Waals surface area contributed by atoms with Gasteiger partial charge >= 0.3 is 6.09 Å². The molecule has 2 aliphatic rings. The molecule has 1 aliphatic heterocycles. The predicted octanol–water partition coefficient (Wildman–Crippen LogP) is 4.41. The lowest BCUT2D eigenvalue weighted by molar-refractivity contribution is 0.0500. The fraction of sp³-hybridized carbons (Fsp3) is 0.708. The van der Waals surface area contributed by atoms with E-state index in [1.165, 1.54) is 10.4 Å². The third-order valence-electron chi connectivity index (χ3n) is 6.61. The highest BCUT2D eigenvalue weighted by Gasteiger charge is 2.28. The van der Waals surface area contributed by atoms with Gasteiger partial charge in [-0.05, 0) is 83.7 Å². The van der Waals surface area contributed by atoms with Crippen LogP contribution in [0.15, 0.2) is 4.79 Å². The molecule has 2 N–H and O–H groups in total. The molecule has 0 aromatic carbocycles. The first kappa shape index (κ1) is 23.2. The summed E-state index contributed by atoms with van der Waals surface area (Å²) in [6, 6.07) is 0.0227. The number of H-pyrrole nitrogens is 1. The van der Waals surface area contributed by atoms with Crippen LogP contribution in [0.5, 0.6) is 0 Å². The molecule has 1 amide bonds. The smallest absolute Gasteiger partial charge is 0.407 e. The van der Waals surface area contributed by atoms with Crippen LogP contribution < -0.4 is 10.9 Å². The van der Waals surface area contributed by atoms with E-state index in [1.54, 1.807) is 11.3 Å². The number of nitrogens with one attached hydrogen (secondary N) is 2. The highest BCUT2D eigenvalue weighted by atomic mass is 32.1.